The quantitative estimate of drug-likeness (QED) is 0.602. The molecule has 1 aromatic heterocycles. The van der Waals surface area contributed by atoms with E-state index < -0.39 is 28.8 Å². The molecule has 0 aromatic carbocycles. The third-order valence-corrected chi connectivity index (χ3v) is 4.13. The first-order valence-electron chi connectivity index (χ1n) is 6.97. The lowest BCUT2D eigenvalue weighted by Crippen LogP contribution is -2.42. The van der Waals surface area contributed by atoms with Crippen LogP contribution in [0.3, 0.4) is 0 Å². The van der Waals surface area contributed by atoms with Crippen molar-refractivity contribution in [1.29, 1.82) is 0 Å². The molecule has 0 spiro atoms. The van der Waals surface area contributed by atoms with Gasteiger partial charge in [0, 0.05) is 0 Å². The van der Waals surface area contributed by atoms with Gasteiger partial charge >= 0.3 is 12.1 Å². The summed E-state index contributed by atoms with van der Waals surface area (Å²) in [7, 11) is 0. The van der Waals surface area contributed by atoms with E-state index in [0.29, 0.717) is 6.42 Å². The maximum atomic E-state index is 12.9. The average Bonchev–Trinajstić information content (AvgIpc) is 2.93. The van der Waals surface area contributed by atoms with Crippen LogP contribution in [0.15, 0.2) is 0 Å². The summed E-state index contributed by atoms with van der Waals surface area (Å²) in [6.07, 6.45) is -3.34. The monoisotopic (exact) mass is 352 g/mol. The first-order valence-corrected chi connectivity index (χ1v) is 7.79. The number of alkyl halides is 3. The van der Waals surface area contributed by atoms with E-state index in [4.69, 9.17) is 9.47 Å². The minimum Gasteiger partial charge on any atom is -0.461 e. The Morgan fingerprint density at radius 2 is 2.22 bits per heavy atom. The van der Waals surface area contributed by atoms with Gasteiger partial charge in [0.15, 0.2) is 5.69 Å². The van der Waals surface area contributed by atoms with Crippen molar-refractivity contribution in [2.24, 2.45) is 0 Å². The van der Waals surface area contributed by atoms with Gasteiger partial charge in [0.1, 0.15) is 11.6 Å². The van der Waals surface area contributed by atoms with E-state index in [2.05, 4.69) is 4.98 Å². The van der Waals surface area contributed by atoms with Crippen LogP contribution in [0, 0.1) is 0 Å². The fourth-order valence-electron chi connectivity index (χ4n) is 1.86. The van der Waals surface area contributed by atoms with E-state index in [-0.39, 0.29) is 42.7 Å². The van der Waals surface area contributed by atoms with E-state index in [1.54, 1.807) is 0 Å². The van der Waals surface area contributed by atoms with Crippen LogP contribution in [0.25, 0.3) is 0 Å². The van der Waals surface area contributed by atoms with Gasteiger partial charge in [0.2, 0.25) is 5.01 Å². The van der Waals surface area contributed by atoms with E-state index in [1.807, 2.05) is 6.92 Å². The molecule has 23 heavy (non-hydrogen) atoms. The van der Waals surface area contributed by atoms with Gasteiger partial charge in [-0.1, -0.05) is 24.7 Å². The number of anilines is 1. The number of thiazole rings is 1. The number of ether oxygens (including phenoxy) is 2. The molecule has 0 unspecified atom stereocenters. The molecule has 0 aliphatic carbocycles. The highest BCUT2D eigenvalue weighted by Gasteiger charge is 2.39. The Hall–Kier alpha value is -1.68. The number of unbranched alkanes of at least 4 members (excludes halogenated alkanes) is 1. The van der Waals surface area contributed by atoms with Gasteiger partial charge in [-0.15, -0.1) is 0 Å². The number of aromatic nitrogens is 1. The van der Waals surface area contributed by atoms with Crippen molar-refractivity contribution >= 4 is 28.2 Å². The van der Waals surface area contributed by atoms with Crippen molar-refractivity contribution in [3.63, 3.8) is 0 Å². The zero-order chi connectivity index (χ0) is 17.0. The van der Waals surface area contributed by atoms with Crippen LogP contribution in [0.5, 0.6) is 0 Å². The number of morpholine rings is 1. The molecule has 1 saturated heterocycles. The maximum Gasteiger partial charge on any atom is 0.443 e. The highest BCUT2D eigenvalue weighted by atomic mass is 32.1. The van der Waals surface area contributed by atoms with Crippen LogP contribution in [-0.4, -0.2) is 43.2 Å². The average molecular weight is 352 g/mol. The standard InChI is InChI=1S/C13H15F3N2O4S/c1-2-3-5-22-11(20)9-10(18-4-6-21-7-8(18)19)23-12(17-9)13(14,15)16/h2-7H2,1H3. The van der Waals surface area contributed by atoms with Crippen molar-refractivity contribution < 1.29 is 32.2 Å². The number of rotatable bonds is 5. The number of nitrogens with zero attached hydrogens (tertiary/aromatic N) is 2. The molecule has 0 saturated carbocycles. The van der Waals surface area contributed by atoms with Crippen LogP contribution >= 0.6 is 11.3 Å². The zero-order valence-electron chi connectivity index (χ0n) is 12.3. The largest absolute Gasteiger partial charge is 0.461 e. The molecule has 2 rings (SSSR count). The second-order valence-electron chi connectivity index (χ2n) is 4.76. The Morgan fingerprint density at radius 3 is 2.83 bits per heavy atom. The molecule has 1 amide bonds. The molecular weight excluding hydrogens is 337 g/mol. The molecule has 6 nitrogen and oxygen atoms in total. The van der Waals surface area contributed by atoms with E-state index in [0.717, 1.165) is 11.3 Å². The van der Waals surface area contributed by atoms with E-state index >= 15 is 0 Å². The summed E-state index contributed by atoms with van der Waals surface area (Å²) in [6.45, 7) is 1.97. The molecule has 0 N–H and O–H groups in total. The molecule has 10 heteroatoms. The first kappa shape index (κ1) is 17.7. The maximum absolute atomic E-state index is 12.9. The summed E-state index contributed by atoms with van der Waals surface area (Å²) >= 11 is 0.257. The van der Waals surface area contributed by atoms with Gasteiger partial charge in [-0.25, -0.2) is 9.78 Å². The number of halogens is 3. The lowest BCUT2D eigenvalue weighted by molar-refractivity contribution is -0.137. The van der Waals surface area contributed by atoms with Gasteiger partial charge in [-0.3, -0.25) is 9.69 Å². The number of hydrogen-bond acceptors (Lipinski definition) is 6. The molecule has 1 aliphatic heterocycles. The Morgan fingerprint density at radius 1 is 1.48 bits per heavy atom. The van der Waals surface area contributed by atoms with Crippen LogP contribution in [0.4, 0.5) is 18.2 Å². The van der Waals surface area contributed by atoms with Crippen molar-refractivity contribution in [1.82, 2.24) is 4.98 Å². The summed E-state index contributed by atoms with van der Waals surface area (Å²) in [5.74, 6) is -1.48. The summed E-state index contributed by atoms with van der Waals surface area (Å²) in [5.41, 5.74) is -0.478. The van der Waals surface area contributed by atoms with Crippen molar-refractivity contribution in [3.05, 3.63) is 10.7 Å². The minimum atomic E-state index is -4.70. The molecule has 128 valence electrons. The smallest absolute Gasteiger partial charge is 0.443 e. The number of carbonyl (C=O) groups excluding carboxylic acids is 2. The van der Waals surface area contributed by atoms with Gasteiger partial charge in [-0.05, 0) is 6.42 Å². The highest BCUT2D eigenvalue weighted by molar-refractivity contribution is 7.16. The lowest BCUT2D eigenvalue weighted by atomic mass is 10.3. The topological polar surface area (TPSA) is 68.7 Å². The second kappa shape index (κ2) is 7.26. The Bertz CT molecular complexity index is 588. The molecule has 1 aliphatic rings. The highest BCUT2D eigenvalue weighted by Crippen LogP contribution is 2.39. The van der Waals surface area contributed by atoms with Crippen LogP contribution in [0.2, 0.25) is 0 Å². The molecular formula is C13H15F3N2O4S. The SMILES string of the molecule is CCCCOC(=O)c1nc(C(F)(F)F)sc1N1CCOCC1=O. The summed E-state index contributed by atoms with van der Waals surface area (Å²) < 4.78 is 48.5. The minimum absolute atomic E-state index is 0.0631. The molecule has 1 aromatic rings. The van der Waals surface area contributed by atoms with Crippen molar-refractivity contribution in [2.45, 2.75) is 25.9 Å². The molecule has 0 bridgehead atoms. The molecule has 2 heterocycles. The van der Waals surface area contributed by atoms with Crippen LogP contribution in [-0.2, 0) is 20.4 Å². The zero-order valence-corrected chi connectivity index (χ0v) is 13.1. The second-order valence-corrected chi connectivity index (χ2v) is 5.74. The fraction of sp³-hybridized carbons (Fsp3) is 0.615. The Balaban J connectivity index is 2.32. The van der Waals surface area contributed by atoms with Gasteiger partial charge < -0.3 is 9.47 Å². The van der Waals surface area contributed by atoms with Gasteiger partial charge in [-0.2, -0.15) is 13.2 Å². The summed E-state index contributed by atoms with van der Waals surface area (Å²) in [4.78, 5) is 28.3. The third-order valence-electron chi connectivity index (χ3n) is 3.01. The number of carbonyl (C=O) groups is 2. The summed E-state index contributed by atoms with van der Waals surface area (Å²) in [6, 6.07) is 0. The number of esters is 1. The van der Waals surface area contributed by atoms with Crippen LogP contribution in [0.1, 0.15) is 35.3 Å². The molecule has 0 radical (unpaired) electrons. The third kappa shape index (κ3) is 4.20. The summed E-state index contributed by atoms with van der Waals surface area (Å²) in [5, 5.41) is -1.33. The fourth-order valence-corrected chi connectivity index (χ4v) is 2.82. The number of amides is 1. The Labute approximate surface area is 134 Å². The Kier molecular flexibility index (Phi) is 5.58. The van der Waals surface area contributed by atoms with Crippen molar-refractivity contribution in [2.75, 3.05) is 31.3 Å². The first-order chi connectivity index (χ1) is 10.8. The molecule has 1 fully saturated rings. The van der Waals surface area contributed by atoms with Crippen molar-refractivity contribution in [3.8, 4) is 0 Å². The normalized spacial score (nSPS) is 15.8. The lowest BCUT2D eigenvalue weighted by Gasteiger charge is -2.25. The van der Waals surface area contributed by atoms with Gasteiger partial charge in [0.25, 0.3) is 5.91 Å². The predicted octanol–water partition coefficient (Wildman–Crippen LogP) is 2.48. The van der Waals surface area contributed by atoms with Crippen LogP contribution < -0.4 is 4.90 Å². The molecule has 0 atom stereocenters. The predicted molar refractivity (Wildman–Crippen MR) is 75.5 cm³/mol. The van der Waals surface area contributed by atoms with E-state index in [1.165, 1.54) is 0 Å². The van der Waals surface area contributed by atoms with Gasteiger partial charge in [0.05, 0.1) is 19.8 Å². The van der Waals surface area contributed by atoms with E-state index in [9.17, 15) is 22.8 Å². The number of hydrogen-bond donors (Lipinski definition) is 0.